The predicted molar refractivity (Wildman–Crippen MR) is 63.0 cm³/mol. The van der Waals surface area contributed by atoms with Crippen LogP contribution in [0, 0.1) is 11.2 Å². The van der Waals surface area contributed by atoms with Crippen LogP contribution >= 0.6 is 0 Å². The van der Waals surface area contributed by atoms with Gasteiger partial charge in [-0.3, -0.25) is 9.59 Å². The van der Waals surface area contributed by atoms with Crippen molar-refractivity contribution >= 4 is 5.97 Å². The van der Waals surface area contributed by atoms with Crippen molar-refractivity contribution in [2.24, 2.45) is 5.41 Å². The van der Waals surface area contributed by atoms with Crippen LogP contribution in [-0.4, -0.2) is 27.2 Å². The average Bonchev–Trinajstić information content (AvgIpc) is 2.31. The first-order chi connectivity index (χ1) is 8.68. The van der Waals surface area contributed by atoms with Crippen LogP contribution in [0.25, 0.3) is 0 Å². The van der Waals surface area contributed by atoms with E-state index < -0.39 is 41.3 Å². The molecule has 8 heteroatoms. The maximum atomic E-state index is 13.1. The number of carbonyl (C=O) groups is 1. The van der Waals surface area contributed by atoms with Crippen LogP contribution in [0.1, 0.15) is 27.0 Å². The van der Waals surface area contributed by atoms with Gasteiger partial charge in [-0.2, -0.15) is 4.39 Å². The Bertz CT molecular complexity index is 584. The van der Waals surface area contributed by atoms with Crippen LogP contribution in [0.15, 0.2) is 15.8 Å². The average molecular weight is 274 g/mol. The zero-order chi connectivity index (χ0) is 14.8. The molecule has 0 aromatic carbocycles. The second-order valence-electron chi connectivity index (χ2n) is 4.91. The third-order valence-electron chi connectivity index (χ3n) is 2.26. The number of aromatic amines is 1. The first-order valence-corrected chi connectivity index (χ1v) is 5.50. The Balaban J connectivity index is 3.20. The van der Waals surface area contributed by atoms with E-state index in [2.05, 4.69) is 0 Å². The van der Waals surface area contributed by atoms with Gasteiger partial charge >= 0.3 is 11.7 Å². The third-order valence-corrected chi connectivity index (χ3v) is 2.26. The molecule has 106 valence electrons. The van der Waals surface area contributed by atoms with Gasteiger partial charge in [0.05, 0.1) is 5.41 Å². The Kier molecular flexibility index (Phi) is 4.25. The molecule has 0 bridgehead atoms. The minimum atomic E-state index is -1.57. The maximum absolute atomic E-state index is 13.1. The first-order valence-electron chi connectivity index (χ1n) is 5.50. The van der Waals surface area contributed by atoms with Crippen molar-refractivity contribution in [3.8, 4) is 0 Å². The molecule has 0 saturated heterocycles. The van der Waals surface area contributed by atoms with Crippen LogP contribution in [-0.2, 0) is 9.53 Å². The van der Waals surface area contributed by atoms with Gasteiger partial charge in [0.15, 0.2) is 0 Å². The predicted octanol–water partition coefficient (Wildman–Crippen LogP) is -0.244. The number of H-pyrrole nitrogens is 1. The van der Waals surface area contributed by atoms with Gasteiger partial charge in [-0.25, -0.2) is 9.36 Å². The van der Waals surface area contributed by atoms with Crippen LogP contribution in [0.5, 0.6) is 0 Å². The second-order valence-corrected chi connectivity index (χ2v) is 4.91. The molecule has 1 heterocycles. The fourth-order valence-corrected chi connectivity index (χ4v) is 1.20. The Morgan fingerprint density at radius 2 is 2.11 bits per heavy atom. The first kappa shape index (κ1) is 15.1. The van der Waals surface area contributed by atoms with Gasteiger partial charge in [0, 0.05) is 6.20 Å². The molecule has 0 amide bonds. The lowest BCUT2D eigenvalue weighted by Crippen LogP contribution is -2.43. The van der Waals surface area contributed by atoms with Gasteiger partial charge in [0.25, 0.3) is 5.56 Å². The Labute approximate surface area is 107 Å². The zero-order valence-electron chi connectivity index (χ0n) is 10.8. The molecule has 1 atom stereocenters. The molecule has 1 aromatic rings. The minimum Gasteiger partial charge on any atom is -0.438 e. The Morgan fingerprint density at radius 1 is 1.53 bits per heavy atom. The van der Waals surface area contributed by atoms with E-state index in [4.69, 9.17) is 9.84 Å². The zero-order valence-corrected chi connectivity index (χ0v) is 10.8. The van der Waals surface area contributed by atoms with Crippen molar-refractivity contribution < 1.29 is 19.0 Å². The highest BCUT2D eigenvalue weighted by Crippen LogP contribution is 2.18. The highest BCUT2D eigenvalue weighted by Gasteiger charge is 2.28. The van der Waals surface area contributed by atoms with Gasteiger partial charge in [-0.1, -0.05) is 0 Å². The van der Waals surface area contributed by atoms with E-state index in [0.717, 1.165) is 0 Å². The quantitative estimate of drug-likeness (QED) is 0.740. The summed E-state index contributed by atoms with van der Waals surface area (Å²) in [4.78, 5) is 36.6. The summed E-state index contributed by atoms with van der Waals surface area (Å²) in [5.74, 6) is -1.95. The van der Waals surface area contributed by atoms with Crippen LogP contribution < -0.4 is 11.2 Å². The summed E-state index contributed by atoms with van der Waals surface area (Å²) in [7, 11) is 0. The number of rotatable bonds is 3. The number of halogens is 1. The standard InChI is InChI=1S/C11H15FN2O5/c1-11(2,3)9(17)19-7(5-15)14-8(16)6(12)4-13-10(14)18/h4,7,15H,5H2,1-3H3,(H,13,18). The van der Waals surface area contributed by atoms with Crippen LogP contribution in [0.2, 0.25) is 0 Å². The molecule has 0 fully saturated rings. The fourth-order valence-electron chi connectivity index (χ4n) is 1.20. The highest BCUT2D eigenvalue weighted by atomic mass is 19.1. The van der Waals surface area contributed by atoms with Gasteiger partial charge in [0.1, 0.15) is 6.61 Å². The van der Waals surface area contributed by atoms with Gasteiger partial charge in [-0.15, -0.1) is 0 Å². The molecule has 0 spiro atoms. The smallest absolute Gasteiger partial charge is 0.331 e. The number of hydrogen-bond acceptors (Lipinski definition) is 5. The summed E-state index contributed by atoms with van der Waals surface area (Å²) in [5, 5.41) is 9.12. The lowest BCUT2D eigenvalue weighted by molar-refractivity contribution is -0.167. The lowest BCUT2D eigenvalue weighted by Gasteiger charge is -2.22. The molecule has 1 rings (SSSR count). The second kappa shape index (κ2) is 5.35. The molecular weight excluding hydrogens is 259 g/mol. The molecule has 0 saturated carbocycles. The van der Waals surface area contributed by atoms with Crippen molar-refractivity contribution in [3.63, 3.8) is 0 Å². The van der Waals surface area contributed by atoms with E-state index >= 15 is 0 Å². The number of hydrogen-bond donors (Lipinski definition) is 2. The van der Waals surface area contributed by atoms with Crippen LogP contribution in [0.3, 0.4) is 0 Å². The minimum absolute atomic E-state index is 0.318. The van der Waals surface area contributed by atoms with E-state index in [-0.39, 0.29) is 0 Å². The topological polar surface area (TPSA) is 101 Å². The van der Waals surface area contributed by atoms with Gasteiger partial charge in [0.2, 0.25) is 12.0 Å². The molecule has 1 unspecified atom stereocenters. The highest BCUT2D eigenvalue weighted by molar-refractivity contribution is 5.75. The number of aliphatic hydroxyl groups is 1. The van der Waals surface area contributed by atoms with Gasteiger partial charge < -0.3 is 14.8 Å². The number of ether oxygens (including phenoxy) is 1. The Hall–Kier alpha value is -1.96. The number of aliphatic hydroxyl groups excluding tert-OH is 1. The van der Waals surface area contributed by atoms with E-state index in [1.165, 1.54) is 0 Å². The summed E-state index contributed by atoms with van der Waals surface area (Å²) >= 11 is 0. The van der Waals surface area contributed by atoms with Crippen molar-refractivity contribution in [3.05, 3.63) is 32.9 Å². The normalized spacial score (nSPS) is 13.1. The summed E-state index contributed by atoms with van der Waals surface area (Å²) in [5.41, 5.74) is -3.14. The maximum Gasteiger partial charge on any atom is 0.331 e. The number of nitrogens with one attached hydrogen (secondary N) is 1. The van der Waals surface area contributed by atoms with Crippen molar-refractivity contribution in [1.82, 2.24) is 9.55 Å². The number of nitrogens with zero attached hydrogens (tertiary/aromatic N) is 1. The monoisotopic (exact) mass is 274 g/mol. The van der Waals surface area contributed by atoms with Crippen LogP contribution in [0.4, 0.5) is 4.39 Å². The van der Waals surface area contributed by atoms with E-state index in [0.29, 0.717) is 10.8 Å². The number of esters is 1. The lowest BCUT2D eigenvalue weighted by atomic mass is 9.97. The molecule has 19 heavy (non-hydrogen) atoms. The van der Waals surface area contributed by atoms with Gasteiger partial charge in [-0.05, 0) is 20.8 Å². The summed E-state index contributed by atoms with van der Waals surface area (Å²) in [6.07, 6.45) is -0.972. The number of aromatic nitrogens is 2. The fraction of sp³-hybridized carbons (Fsp3) is 0.545. The summed E-state index contributed by atoms with van der Waals surface area (Å²) in [6.45, 7) is 3.85. The summed E-state index contributed by atoms with van der Waals surface area (Å²) in [6, 6.07) is 0. The third kappa shape index (κ3) is 3.28. The molecule has 0 aliphatic heterocycles. The Morgan fingerprint density at radius 3 is 2.58 bits per heavy atom. The molecular formula is C11H15FN2O5. The molecule has 1 aromatic heterocycles. The molecule has 0 radical (unpaired) electrons. The van der Waals surface area contributed by atoms with Crippen molar-refractivity contribution in [2.45, 2.75) is 27.0 Å². The number of carbonyl (C=O) groups excluding carboxylic acids is 1. The molecule has 2 N–H and O–H groups in total. The van der Waals surface area contributed by atoms with E-state index in [1.54, 1.807) is 20.8 Å². The molecule has 7 nitrogen and oxygen atoms in total. The van der Waals surface area contributed by atoms with E-state index in [1.807, 2.05) is 4.98 Å². The van der Waals surface area contributed by atoms with Crippen molar-refractivity contribution in [1.29, 1.82) is 0 Å². The SMILES string of the molecule is CC(C)(C)C(=O)OC(CO)n1c(=O)[nH]cc(F)c1=O. The van der Waals surface area contributed by atoms with E-state index in [9.17, 15) is 18.8 Å². The largest absolute Gasteiger partial charge is 0.438 e. The van der Waals surface area contributed by atoms with Crippen molar-refractivity contribution in [2.75, 3.05) is 6.61 Å². The molecule has 0 aliphatic carbocycles. The molecule has 0 aliphatic rings. The summed E-state index contributed by atoms with van der Waals surface area (Å²) < 4.78 is 18.3.